The number of carbonyl (C=O) groups is 1. The number of esters is 1. The Kier molecular flexibility index (Phi) is 6.50. The van der Waals surface area contributed by atoms with E-state index in [-0.39, 0.29) is 5.82 Å². The standard InChI is InChI=1S/C26H29FNO4S2/c27-21-4-6-22(7-5-21)31-16-2-12-28-13-9-25(10-14-28,11-15-28)32-24(29)26(30,20-8-18-33-19-20)23-3-1-17-34-23/h1,3-8,17-19,30H,2,9-16H2/q+1. The molecule has 5 nitrogen and oxygen atoms in total. The molecular weight excluding hydrogens is 473 g/mol. The number of piperidine rings is 3. The monoisotopic (exact) mass is 502 g/mol. The minimum Gasteiger partial charge on any atom is -0.493 e. The fourth-order valence-electron chi connectivity index (χ4n) is 5.23. The summed E-state index contributed by atoms with van der Waals surface area (Å²) in [7, 11) is 0. The maximum atomic E-state index is 13.5. The second kappa shape index (κ2) is 9.41. The number of halogens is 1. The van der Waals surface area contributed by atoms with Crippen LogP contribution in [0.3, 0.4) is 0 Å². The molecule has 34 heavy (non-hydrogen) atoms. The lowest BCUT2D eigenvalue weighted by atomic mass is 9.80. The van der Waals surface area contributed by atoms with Crippen LogP contribution < -0.4 is 4.74 Å². The Bertz CT molecular complexity index is 1040. The largest absolute Gasteiger partial charge is 0.493 e. The maximum absolute atomic E-state index is 13.5. The number of thiophene rings is 2. The van der Waals surface area contributed by atoms with Crippen LogP contribution in [0.4, 0.5) is 4.39 Å². The molecule has 8 heteroatoms. The van der Waals surface area contributed by atoms with Gasteiger partial charge in [-0.15, -0.1) is 11.3 Å². The van der Waals surface area contributed by atoms with Gasteiger partial charge in [-0.3, -0.25) is 0 Å². The number of hydrogen-bond donors (Lipinski definition) is 1. The average Bonchev–Trinajstić information content (AvgIpc) is 3.59. The number of ether oxygens (including phenoxy) is 2. The van der Waals surface area contributed by atoms with Gasteiger partial charge in [-0.2, -0.15) is 11.3 Å². The van der Waals surface area contributed by atoms with Gasteiger partial charge in [0.25, 0.3) is 0 Å². The molecule has 0 aliphatic carbocycles. The first-order valence-corrected chi connectivity index (χ1v) is 13.5. The summed E-state index contributed by atoms with van der Waals surface area (Å²) in [4.78, 5) is 14.0. The minimum absolute atomic E-state index is 0.263. The first-order chi connectivity index (χ1) is 16.4. The Morgan fingerprint density at radius 2 is 1.82 bits per heavy atom. The summed E-state index contributed by atoms with van der Waals surface area (Å²) in [5.41, 5.74) is -1.69. The van der Waals surface area contributed by atoms with Crippen molar-refractivity contribution in [2.75, 3.05) is 32.8 Å². The zero-order chi connectivity index (χ0) is 23.7. The Labute approximate surface area is 207 Å². The van der Waals surface area contributed by atoms with Crippen molar-refractivity contribution in [2.24, 2.45) is 0 Å². The average molecular weight is 503 g/mol. The first kappa shape index (κ1) is 23.5. The second-order valence-corrected chi connectivity index (χ2v) is 11.1. The van der Waals surface area contributed by atoms with Gasteiger partial charge in [-0.1, -0.05) is 6.07 Å². The first-order valence-electron chi connectivity index (χ1n) is 11.7. The summed E-state index contributed by atoms with van der Waals surface area (Å²) in [6, 6.07) is 11.5. The van der Waals surface area contributed by atoms with E-state index >= 15 is 0 Å². The number of nitrogens with zero attached hydrogens (tertiary/aromatic N) is 1. The van der Waals surface area contributed by atoms with E-state index in [4.69, 9.17) is 9.47 Å². The molecule has 5 heterocycles. The molecule has 1 N–H and O–H groups in total. The third kappa shape index (κ3) is 4.52. The molecule has 3 fully saturated rings. The minimum atomic E-state index is -1.76. The number of carbonyl (C=O) groups excluding carboxylic acids is 1. The van der Waals surface area contributed by atoms with Gasteiger partial charge >= 0.3 is 5.97 Å². The zero-order valence-electron chi connectivity index (χ0n) is 19.0. The van der Waals surface area contributed by atoms with Crippen molar-refractivity contribution in [3.05, 3.63) is 74.9 Å². The van der Waals surface area contributed by atoms with Crippen molar-refractivity contribution in [2.45, 2.75) is 36.9 Å². The van der Waals surface area contributed by atoms with Gasteiger partial charge < -0.3 is 19.1 Å². The number of aliphatic hydroxyl groups is 1. The maximum Gasteiger partial charge on any atom is 0.349 e. The van der Waals surface area contributed by atoms with Gasteiger partial charge in [-0.05, 0) is 52.5 Å². The third-order valence-corrected chi connectivity index (χ3v) is 9.07. The summed E-state index contributed by atoms with van der Waals surface area (Å²) in [5, 5.41) is 17.1. The second-order valence-electron chi connectivity index (χ2n) is 9.41. The number of quaternary nitrogens is 1. The molecule has 3 aliphatic heterocycles. The van der Waals surface area contributed by atoms with Crippen LogP contribution in [0.1, 0.15) is 36.1 Å². The van der Waals surface area contributed by atoms with Crippen molar-refractivity contribution >= 4 is 28.6 Å². The van der Waals surface area contributed by atoms with E-state index in [9.17, 15) is 14.3 Å². The molecular formula is C26H29FNO4S2+. The molecule has 0 saturated carbocycles. The quantitative estimate of drug-likeness (QED) is 0.256. The lowest BCUT2D eigenvalue weighted by molar-refractivity contribution is -0.944. The molecule has 0 radical (unpaired) electrons. The number of benzene rings is 1. The number of hydrogen-bond acceptors (Lipinski definition) is 6. The zero-order valence-corrected chi connectivity index (χ0v) is 20.6. The van der Waals surface area contributed by atoms with Crippen LogP contribution in [0.5, 0.6) is 5.75 Å². The van der Waals surface area contributed by atoms with Gasteiger partial charge in [0.15, 0.2) is 0 Å². The Balaban J connectivity index is 1.18. The summed E-state index contributed by atoms with van der Waals surface area (Å²) in [6.07, 6.45) is 3.34. The molecule has 180 valence electrons. The van der Waals surface area contributed by atoms with Crippen LogP contribution in [-0.2, 0) is 15.1 Å². The summed E-state index contributed by atoms with van der Waals surface area (Å²) in [5.74, 6) is -0.142. The highest BCUT2D eigenvalue weighted by Crippen LogP contribution is 2.43. The molecule has 2 bridgehead atoms. The molecule has 3 aromatic rings. The fraction of sp³-hybridized carbons (Fsp3) is 0.423. The summed E-state index contributed by atoms with van der Waals surface area (Å²) >= 11 is 2.82. The molecule has 3 saturated heterocycles. The summed E-state index contributed by atoms with van der Waals surface area (Å²) in [6.45, 7) is 4.48. The van der Waals surface area contributed by atoms with Crippen LogP contribution in [0.2, 0.25) is 0 Å². The Hall–Kier alpha value is -2.26. The van der Waals surface area contributed by atoms with E-state index in [0.717, 1.165) is 56.3 Å². The third-order valence-electron chi connectivity index (χ3n) is 7.41. The molecule has 1 atom stereocenters. The van der Waals surface area contributed by atoms with Crippen LogP contribution in [0, 0.1) is 5.82 Å². The van der Waals surface area contributed by atoms with Crippen LogP contribution in [0.15, 0.2) is 58.6 Å². The number of rotatable bonds is 9. The van der Waals surface area contributed by atoms with Crippen LogP contribution >= 0.6 is 22.7 Å². The van der Waals surface area contributed by atoms with Gasteiger partial charge in [-0.25, -0.2) is 9.18 Å². The normalized spacial score (nSPS) is 25.6. The topological polar surface area (TPSA) is 55.8 Å². The Morgan fingerprint density at radius 1 is 1.09 bits per heavy atom. The lowest BCUT2D eigenvalue weighted by Gasteiger charge is -2.54. The van der Waals surface area contributed by atoms with Crippen molar-refractivity contribution in [1.82, 2.24) is 0 Å². The molecule has 3 aliphatic rings. The lowest BCUT2D eigenvalue weighted by Crippen LogP contribution is -2.66. The SMILES string of the molecule is O=C(OC12CC[N+](CCCOc3ccc(F)cc3)(CC1)CC2)C(O)(c1ccsc1)c1cccs1. The van der Waals surface area contributed by atoms with Gasteiger partial charge in [0.2, 0.25) is 5.60 Å². The van der Waals surface area contributed by atoms with E-state index in [0.29, 0.717) is 22.8 Å². The van der Waals surface area contributed by atoms with E-state index in [1.807, 2.05) is 22.2 Å². The molecule has 2 aromatic heterocycles. The molecule has 6 rings (SSSR count). The Morgan fingerprint density at radius 3 is 2.44 bits per heavy atom. The molecule has 1 aromatic carbocycles. The highest BCUT2D eigenvalue weighted by atomic mass is 32.1. The predicted molar refractivity (Wildman–Crippen MR) is 131 cm³/mol. The van der Waals surface area contributed by atoms with Gasteiger partial charge in [0, 0.05) is 31.2 Å². The van der Waals surface area contributed by atoms with Crippen molar-refractivity contribution in [3.63, 3.8) is 0 Å². The van der Waals surface area contributed by atoms with Crippen LogP contribution in [-0.4, -0.2) is 53.9 Å². The summed E-state index contributed by atoms with van der Waals surface area (Å²) < 4.78 is 26.0. The highest BCUT2D eigenvalue weighted by Gasteiger charge is 2.54. The van der Waals surface area contributed by atoms with E-state index < -0.39 is 17.2 Å². The van der Waals surface area contributed by atoms with E-state index in [1.165, 1.54) is 34.8 Å². The van der Waals surface area contributed by atoms with E-state index in [2.05, 4.69) is 0 Å². The molecule has 0 spiro atoms. The predicted octanol–water partition coefficient (Wildman–Crippen LogP) is 4.95. The van der Waals surface area contributed by atoms with Crippen molar-refractivity contribution in [1.29, 1.82) is 0 Å². The molecule has 0 amide bonds. The number of fused-ring (bicyclic) bond motifs is 3. The highest BCUT2D eigenvalue weighted by molar-refractivity contribution is 7.10. The van der Waals surface area contributed by atoms with Crippen molar-refractivity contribution < 1.29 is 28.2 Å². The van der Waals surface area contributed by atoms with Crippen molar-refractivity contribution in [3.8, 4) is 5.75 Å². The fourth-order valence-corrected chi connectivity index (χ4v) is 6.76. The van der Waals surface area contributed by atoms with Gasteiger partial charge in [0.1, 0.15) is 17.2 Å². The van der Waals surface area contributed by atoms with Gasteiger partial charge in [0.05, 0.1) is 37.7 Å². The molecule has 1 unspecified atom stereocenters. The van der Waals surface area contributed by atoms with E-state index in [1.54, 1.807) is 24.3 Å². The smallest absolute Gasteiger partial charge is 0.349 e. The van der Waals surface area contributed by atoms with Crippen LogP contribution in [0.25, 0.3) is 0 Å².